The Labute approximate surface area is 147 Å². The fourth-order valence-electron chi connectivity index (χ4n) is 2.99. The number of hydrogen-bond acceptors (Lipinski definition) is 3. The molecule has 0 bridgehead atoms. The first-order valence-electron chi connectivity index (χ1n) is 7.60. The van der Waals surface area contributed by atoms with Gasteiger partial charge >= 0.3 is 12.1 Å². The minimum absolute atomic E-state index is 0.134. The number of aliphatic carboxylic acids is 1. The third-order valence-electron chi connectivity index (χ3n) is 4.28. The Morgan fingerprint density at radius 1 is 1.28 bits per heavy atom. The number of amides is 1. The van der Waals surface area contributed by atoms with E-state index in [2.05, 4.69) is 10.6 Å². The van der Waals surface area contributed by atoms with Gasteiger partial charge in [-0.25, -0.2) is 4.79 Å². The molecule has 0 atom stereocenters. The van der Waals surface area contributed by atoms with Crippen molar-refractivity contribution >= 4 is 29.2 Å². The molecular formula is C16H18ClF3N2O3. The predicted octanol–water partition coefficient (Wildman–Crippen LogP) is 3.22. The van der Waals surface area contributed by atoms with Crippen molar-refractivity contribution in [3.05, 3.63) is 28.8 Å². The Bertz CT molecular complexity index is 647. The van der Waals surface area contributed by atoms with Crippen LogP contribution in [0, 0.1) is 18.3 Å². The summed E-state index contributed by atoms with van der Waals surface area (Å²) in [5.41, 5.74) is 2.30. The number of nitrogens with one attached hydrogen (secondary N) is 2. The Morgan fingerprint density at radius 3 is 2.24 bits per heavy atom. The van der Waals surface area contributed by atoms with E-state index < -0.39 is 12.1 Å². The minimum atomic E-state index is -5.08. The zero-order valence-electron chi connectivity index (χ0n) is 13.4. The second-order valence-electron chi connectivity index (χ2n) is 6.52. The van der Waals surface area contributed by atoms with E-state index in [0.717, 1.165) is 37.2 Å². The molecule has 25 heavy (non-hydrogen) atoms. The molecular weight excluding hydrogens is 361 g/mol. The fourth-order valence-corrected chi connectivity index (χ4v) is 3.28. The Kier molecular flexibility index (Phi) is 5.63. The summed E-state index contributed by atoms with van der Waals surface area (Å²) in [6.45, 7) is 4.13. The molecule has 1 aromatic rings. The summed E-state index contributed by atoms with van der Waals surface area (Å²) in [4.78, 5) is 21.0. The van der Waals surface area contributed by atoms with E-state index in [1.54, 1.807) is 6.07 Å². The van der Waals surface area contributed by atoms with Gasteiger partial charge in [-0.1, -0.05) is 11.6 Å². The lowest BCUT2D eigenvalue weighted by atomic mass is 9.58. The van der Waals surface area contributed by atoms with E-state index in [1.807, 2.05) is 19.1 Å². The number of alkyl halides is 3. The van der Waals surface area contributed by atoms with E-state index in [9.17, 15) is 18.0 Å². The van der Waals surface area contributed by atoms with E-state index in [1.165, 1.54) is 0 Å². The molecule has 138 valence electrons. The number of benzene rings is 1. The third-order valence-corrected chi connectivity index (χ3v) is 4.50. The van der Waals surface area contributed by atoms with Gasteiger partial charge in [0.15, 0.2) is 0 Å². The highest BCUT2D eigenvalue weighted by Gasteiger charge is 2.50. The highest BCUT2D eigenvalue weighted by Crippen LogP contribution is 2.48. The standard InChI is InChI=1S/C14H17ClN2O.C2HF3O2/c1-9-2-11(15)4-12(3-9)17-13(18)10-5-14(6-10)7-16-8-14;3-2(4,5)1(6)7/h2-4,10,16H,5-8H2,1H3,(H,17,18);(H,6,7). The minimum Gasteiger partial charge on any atom is -0.475 e. The van der Waals surface area contributed by atoms with Crippen molar-refractivity contribution in [2.45, 2.75) is 25.9 Å². The van der Waals surface area contributed by atoms with E-state index in [-0.39, 0.29) is 11.8 Å². The first-order valence-corrected chi connectivity index (χ1v) is 7.97. The van der Waals surface area contributed by atoms with Crippen LogP contribution in [0.25, 0.3) is 0 Å². The maximum atomic E-state index is 12.1. The molecule has 1 saturated heterocycles. The largest absolute Gasteiger partial charge is 0.490 e. The van der Waals surface area contributed by atoms with Crippen LogP contribution < -0.4 is 10.6 Å². The zero-order valence-corrected chi connectivity index (χ0v) is 14.2. The van der Waals surface area contributed by atoms with Crippen LogP contribution in [-0.4, -0.2) is 36.2 Å². The monoisotopic (exact) mass is 378 g/mol. The maximum absolute atomic E-state index is 12.1. The van der Waals surface area contributed by atoms with Crippen molar-refractivity contribution in [1.82, 2.24) is 5.32 Å². The molecule has 1 amide bonds. The van der Waals surface area contributed by atoms with E-state index >= 15 is 0 Å². The van der Waals surface area contributed by atoms with Gasteiger partial charge < -0.3 is 15.7 Å². The summed E-state index contributed by atoms with van der Waals surface area (Å²) in [5.74, 6) is -2.45. The highest BCUT2D eigenvalue weighted by molar-refractivity contribution is 6.31. The van der Waals surface area contributed by atoms with Crippen LogP contribution in [0.5, 0.6) is 0 Å². The zero-order chi connectivity index (χ0) is 18.8. The molecule has 1 aliphatic carbocycles. The van der Waals surface area contributed by atoms with Crippen LogP contribution in [0.2, 0.25) is 5.02 Å². The molecule has 1 heterocycles. The summed E-state index contributed by atoms with van der Waals surface area (Å²) in [6.07, 6.45) is -3.04. The van der Waals surface area contributed by atoms with Gasteiger partial charge in [0.25, 0.3) is 0 Å². The Balaban J connectivity index is 0.000000277. The number of carboxylic acids is 1. The third kappa shape index (κ3) is 5.09. The summed E-state index contributed by atoms with van der Waals surface area (Å²) < 4.78 is 31.7. The number of aryl methyl sites for hydroxylation is 1. The van der Waals surface area contributed by atoms with Crippen LogP contribution in [-0.2, 0) is 9.59 Å². The van der Waals surface area contributed by atoms with Gasteiger partial charge in [0, 0.05) is 29.7 Å². The summed E-state index contributed by atoms with van der Waals surface area (Å²) in [7, 11) is 0. The number of carbonyl (C=O) groups is 2. The molecule has 1 aliphatic heterocycles. The van der Waals surface area contributed by atoms with E-state index in [4.69, 9.17) is 21.5 Å². The first kappa shape index (κ1) is 19.5. The molecule has 0 unspecified atom stereocenters. The summed E-state index contributed by atoms with van der Waals surface area (Å²) in [5, 5.41) is 14.0. The average molecular weight is 379 g/mol. The van der Waals surface area contributed by atoms with Crippen molar-refractivity contribution in [3.63, 3.8) is 0 Å². The topological polar surface area (TPSA) is 78.4 Å². The first-order chi connectivity index (χ1) is 11.5. The smallest absolute Gasteiger partial charge is 0.475 e. The van der Waals surface area contributed by atoms with Gasteiger partial charge in [0.05, 0.1) is 0 Å². The summed E-state index contributed by atoms with van der Waals surface area (Å²) in [6, 6.07) is 5.63. The number of anilines is 1. The SMILES string of the molecule is Cc1cc(Cl)cc(NC(=O)C2CC3(CNC3)C2)c1.O=C(O)C(F)(F)F. The van der Waals surface area contributed by atoms with Gasteiger partial charge in [0.1, 0.15) is 0 Å². The molecule has 3 N–H and O–H groups in total. The molecule has 5 nitrogen and oxygen atoms in total. The Morgan fingerprint density at radius 2 is 1.84 bits per heavy atom. The molecule has 0 aromatic heterocycles. The highest BCUT2D eigenvalue weighted by atomic mass is 35.5. The summed E-state index contributed by atoms with van der Waals surface area (Å²) >= 11 is 5.98. The molecule has 0 radical (unpaired) electrons. The number of hydrogen-bond donors (Lipinski definition) is 3. The predicted molar refractivity (Wildman–Crippen MR) is 86.5 cm³/mol. The van der Waals surface area contributed by atoms with Crippen LogP contribution >= 0.6 is 11.6 Å². The van der Waals surface area contributed by atoms with Gasteiger partial charge in [-0.05, 0) is 48.9 Å². The van der Waals surface area contributed by atoms with Crippen LogP contribution in [0.3, 0.4) is 0 Å². The lowest BCUT2D eigenvalue weighted by Crippen LogP contribution is -2.61. The van der Waals surface area contributed by atoms with Crippen molar-refractivity contribution in [3.8, 4) is 0 Å². The molecule has 1 spiro atoms. The number of rotatable bonds is 2. The second kappa shape index (κ2) is 7.21. The molecule has 9 heteroatoms. The van der Waals surface area contributed by atoms with Crippen molar-refractivity contribution in [2.75, 3.05) is 18.4 Å². The Hall–Kier alpha value is -1.80. The van der Waals surface area contributed by atoms with Crippen LogP contribution in [0.1, 0.15) is 18.4 Å². The normalized spacial score (nSPS) is 18.4. The molecule has 1 aromatic carbocycles. The lowest BCUT2D eigenvalue weighted by molar-refractivity contribution is -0.192. The maximum Gasteiger partial charge on any atom is 0.490 e. The average Bonchev–Trinajstić information content (AvgIpc) is 2.33. The number of carboxylic acid groups (broad SMARTS) is 1. The van der Waals surface area contributed by atoms with Gasteiger partial charge in [-0.15, -0.1) is 0 Å². The van der Waals surface area contributed by atoms with Crippen molar-refractivity contribution < 1.29 is 27.9 Å². The molecule has 1 saturated carbocycles. The number of carbonyl (C=O) groups excluding carboxylic acids is 1. The van der Waals surface area contributed by atoms with Crippen molar-refractivity contribution in [2.24, 2.45) is 11.3 Å². The van der Waals surface area contributed by atoms with Crippen molar-refractivity contribution in [1.29, 1.82) is 0 Å². The quantitative estimate of drug-likeness (QED) is 0.738. The van der Waals surface area contributed by atoms with Gasteiger partial charge in [-0.3, -0.25) is 4.79 Å². The number of halogens is 4. The molecule has 2 aliphatic rings. The van der Waals surface area contributed by atoms with Crippen LogP contribution in [0.15, 0.2) is 18.2 Å². The van der Waals surface area contributed by atoms with Gasteiger partial charge in [-0.2, -0.15) is 13.2 Å². The van der Waals surface area contributed by atoms with Crippen LogP contribution in [0.4, 0.5) is 18.9 Å². The van der Waals surface area contributed by atoms with E-state index in [0.29, 0.717) is 10.4 Å². The molecule has 3 rings (SSSR count). The molecule has 2 fully saturated rings. The lowest BCUT2D eigenvalue weighted by Gasteiger charge is -2.53. The fraction of sp³-hybridized carbons (Fsp3) is 0.500. The van der Waals surface area contributed by atoms with Gasteiger partial charge in [0.2, 0.25) is 5.91 Å². The second-order valence-corrected chi connectivity index (χ2v) is 6.95.